The molecule has 0 saturated carbocycles. The number of carbonyl (C=O) groups excluding carboxylic acids is 2. The number of fused-ring (bicyclic) bond motifs is 2. The van der Waals surface area contributed by atoms with Gasteiger partial charge in [0.1, 0.15) is 0 Å². The summed E-state index contributed by atoms with van der Waals surface area (Å²) in [7, 11) is 0. The van der Waals surface area contributed by atoms with Crippen LogP contribution < -0.4 is 14.8 Å². The quantitative estimate of drug-likeness (QED) is 0.756. The van der Waals surface area contributed by atoms with E-state index in [1.165, 1.54) is 5.56 Å². The second kappa shape index (κ2) is 8.84. The van der Waals surface area contributed by atoms with Crippen molar-refractivity contribution in [1.29, 1.82) is 0 Å². The molecule has 1 N–H and O–H groups in total. The number of ketones is 1. The number of hydrogen-bond acceptors (Lipinski definition) is 8. The molecule has 1 saturated heterocycles. The van der Waals surface area contributed by atoms with E-state index in [1.54, 1.807) is 6.20 Å². The summed E-state index contributed by atoms with van der Waals surface area (Å²) in [6.07, 6.45) is 2.81. The van der Waals surface area contributed by atoms with E-state index in [2.05, 4.69) is 31.2 Å². The molecule has 5 rings (SSSR count). The molecule has 1 aliphatic carbocycles. The number of hydrogen-bond donors (Lipinski definition) is 1. The van der Waals surface area contributed by atoms with Gasteiger partial charge in [-0.1, -0.05) is 13.0 Å². The van der Waals surface area contributed by atoms with E-state index in [0.29, 0.717) is 18.5 Å². The molecule has 9 nitrogen and oxygen atoms in total. The molecular formula is C23H27N5O4. The second-order valence-corrected chi connectivity index (χ2v) is 8.78. The molecular weight excluding hydrogens is 410 g/mol. The molecule has 1 fully saturated rings. The zero-order chi connectivity index (χ0) is 22.1. The third-order valence-electron chi connectivity index (χ3n) is 6.17. The summed E-state index contributed by atoms with van der Waals surface area (Å²) in [5.41, 5.74) is 2.51. The summed E-state index contributed by atoms with van der Waals surface area (Å²) in [4.78, 5) is 37.7. The van der Waals surface area contributed by atoms with Crippen LogP contribution in [0.3, 0.4) is 0 Å². The Kier molecular flexibility index (Phi) is 5.75. The molecule has 0 bridgehead atoms. The van der Waals surface area contributed by atoms with Crippen LogP contribution in [0.1, 0.15) is 35.0 Å². The summed E-state index contributed by atoms with van der Waals surface area (Å²) >= 11 is 0. The van der Waals surface area contributed by atoms with Crippen LogP contribution in [0.15, 0.2) is 24.4 Å². The molecule has 32 heavy (non-hydrogen) atoms. The number of anilines is 1. The van der Waals surface area contributed by atoms with Crippen LogP contribution in [-0.4, -0.2) is 71.0 Å². The van der Waals surface area contributed by atoms with Crippen LogP contribution >= 0.6 is 0 Å². The van der Waals surface area contributed by atoms with Crippen molar-refractivity contribution in [2.45, 2.75) is 26.3 Å². The maximum absolute atomic E-state index is 12.5. The van der Waals surface area contributed by atoms with E-state index in [-0.39, 0.29) is 30.3 Å². The Bertz CT molecular complexity index is 1040. The number of aromatic nitrogens is 2. The highest BCUT2D eigenvalue weighted by atomic mass is 16.7. The average Bonchev–Trinajstić information content (AvgIpc) is 3.22. The van der Waals surface area contributed by atoms with Gasteiger partial charge in [-0.25, -0.2) is 9.97 Å². The summed E-state index contributed by atoms with van der Waals surface area (Å²) < 4.78 is 10.8. The van der Waals surface area contributed by atoms with Gasteiger partial charge < -0.3 is 9.47 Å². The molecule has 0 spiro atoms. The van der Waals surface area contributed by atoms with Crippen molar-refractivity contribution in [3.63, 3.8) is 0 Å². The molecule has 9 heteroatoms. The van der Waals surface area contributed by atoms with Crippen molar-refractivity contribution < 1.29 is 19.1 Å². The van der Waals surface area contributed by atoms with Crippen LogP contribution in [0, 0.1) is 5.92 Å². The van der Waals surface area contributed by atoms with Gasteiger partial charge in [-0.05, 0) is 30.0 Å². The maximum atomic E-state index is 12.5. The zero-order valence-electron chi connectivity index (χ0n) is 18.2. The Balaban J connectivity index is 1.10. The Labute approximate surface area is 186 Å². The Morgan fingerprint density at radius 1 is 1.12 bits per heavy atom. The lowest BCUT2D eigenvalue weighted by Gasteiger charge is -2.34. The summed E-state index contributed by atoms with van der Waals surface area (Å²) in [6.45, 7) is 6.86. The number of Topliss-reactive ketones (excluding diaryl/α,β-unsaturated/α-hetero) is 1. The van der Waals surface area contributed by atoms with Gasteiger partial charge in [-0.3, -0.25) is 24.7 Å². The number of nitrogens with zero attached hydrogens (tertiary/aromatic N) is 4. The van der Waals surface area contributed by atoms with Crippen molar-refractivity contribution in [2.75, 3.05) is 44.8 Å². The highest BCUT2D eigenvalue weighted by Gasteiger charge is 2.25. The lowest BCUT2D eigenvalue weighted by molar-refractivity contribution is -0.117. The zero-order valence-corrected chi connectivity index (χ0v) is 18.2. The fraction of sp³-hybridized carbons (Fsp3) is 0.478. The monoisotopic (exact) mass is 437 g/mol. The topological polar surface area (TPSA) is 96.9 Å². The summed E-state index contributed by atoms with van der Waals surface area (Å²) in [5.74, 6) is 2.09. The normalized spacial score (nSPS) is 20.8. The van der Waals surface area contributed by atoms with Crippen LogP contribution in [-0.2, 0) is 17.8 Å². The number of amides is 1. The Morgan fingerprint density at radius 3 is 2.75 bits per heavy atom. The first kappa shape index (κ1) is 20.8. The fourth-order valence-electron chi connectivity index (χ4n) is 4.46. The number of rotatable bonds is 5. The van der Waals surface area contributed by atoms with Gasteiger partial charge in [0.05, 0.1) is 17.8 Å². The van der Waals surface area contributed by atoms with Crippen molar-refractivity contribution in [2.24, 2.45) is 5.92 Å². The average molecular weight is 438 g/mol. The molecule has 2 aliphatic heterocycles. The summed E-state index contributed by atoms with van der Waals surface area (Å²) in [5, 5.41) is 2.79. The highest BCUT2D eigenvalue weighted by molar-refractivity contribution is 5.98. The molecule has 1 aromatic carbocycles. The predicted octanol–water partition coefficient (Wildman–Crippen LogP) is 1.73. The molecule has 0 radical (unpaired) electrons. The number of benzene rings is 1. The maximum Gasteiger partial charge on any atom is 0.240 e. The molecule has 1 unspecified atom stereocenters. The third-order valence-corrected chi connectivity index (χ3v) is 6.17. The molecule has 168 valence electrons. The highest BCUT2D eigenvalue weighted by Crippen LogP contribution is 2.32. The smallest absolute Gasteiger partial charge is 0.240 e. The van der Waals surface area contributed by atoms with Crippen molar-refractivity contribution in [3.8, 4) is 11.5 Å². The molecule has 1 aromatic heterocycles. The van der Waals surface area contributed by atoms with Crippen molar-refractivity contribution >= 4 is 17.6 Å². The minimum Gasteiger partial charge on any atom is -0.454 e. The van der Waals surface area contributed by atoms with Gasteiger partial charge in [-0.15, -0.1) is 0 Å². The van der Waals surface area contributed by atoms with Crippen LogP contribution in [0.25, 0.3) is 0 Å². The minimum atomic E-state index is -0.135. The van der Waals surface area contributed by atoms with Crippen molar-refractivity contribution in [3.05, 3.63) is 41.2 Å². The van der Waals surface area contributed by atoms with E-state index in [4.69, 9.17) is 9.47 Å². The van der Waals surface area contributed by atoms with E-state index in [1.807, 2.05) is 19.1 Å². The molecule has 2 aromatic rings. The number of piperazine rings is 1. The van der Waals surface area contributed by atoms with Gasteiger partial charge in [0, 0.05) is 45.3 Å². The lowest BCUT2D eigenvalue weighted by Crippen LogP contribution is -2.48. The molecule has 1 amide bonds. The summed E-state index contributed by atoms with van der Waals surface area (Å²) in [6, 6.07) is 6.06. The number of carbonyl (C=O) groups is 2. The Hall–Kier alpha value is -3.04. The van der Waals surface area contributed by atoms with Crippen LogP contribution in [0.2, 0.25) is 0 Å². The number of ether oxygens (including phenoxy) is 2. The van der Waals surface area contributed by atoms with E-state index < -0.39 is 0 Å². The van der Waals surface area contributed by atoms with E-state index in [0.717, 1.165) is 56.3 Å². The predicted molar refractivity (Wildman–Crippen MR) is 117 cm³/mol. The van der Waals surface area contributed by atoms with E-state index >= 15 is 0 Å². The second-order valence-electron chi connectivity index (χ2n) is 8.78. The number of nitrogens with one attached hydrogen (secondary N) is 1. The van der Waals surface area contributed by atoms with Gasteiger partial charge >= 0.3 is 0 Å². The minimum absolute atomic E-state index is 0.0789. The lowest BCUT2D eigenvalue weighted by atomic mass is 9.88. The Morgan fingerprint density at radius 2 is 1.91 bits per heavy atom. The molecule has 3 aliphatic rings. The third kappa shape index (κ3) is 4.58. The van der Waals surface area contributed by atoms with E-state index in [9.17, 15) is 9.59 Å². The standard InChI is InChI=1S/C23H27N5O4/c1-15-8-18-17(19(29)9-15)11-24-23(25-18)26-22(30)13-28-6-4-27(5-7-28)12-16-2-3-20-21(10-16)32-14-31-20/h2-3,10-11,15H,4-9,12-14H2,1H3,(H,24,25,26,30). The van der Waals surface area contributed by atoms with Gasteiger partial charge in [0.2, 0.25) is 18.6 Å². The fourth-order valence-corrected chi connectivity index (χ4v) is 4.46. The van der Waals surface area contributed by atoms with Crippen LogP contribution in [0.5, 0.6) is 11.5 Å². The van der Waals surface area contributed by atoms with Crippen LogP contribution in [0.4, 0.5) is 5.95 Å². The largest absolute Gasteiger partial charge is 0.454 e. The molecule has 3 heterocycles. The van der Waals surface area contributed by atoms with Crippen molar-refractivity contribution in [1.82, 2.24) is 19.8 Å². The molecule has 1 atom stereocenters. The first-order valence-electron chi connectivity index (χ1n) is 11.1. The van der Waals surface area contributed by atoms with Gasteiger partial charge in [0.15, 0.2) is 17.3 Å². The first-order chi connectivity index (χ1) is 15.5. The van der Waals surface area contributed by atoms with Gasteiger partial charge in [0.25, 0.3) is 0 Å². The van der Waals surface area contributed by atoms with Gasteiger partial charge in [-0.2, -0.15) is 0 Å². The SMILES string of the molecule is CC1CC(=O)c2cnc(NC(=O)CN3CCN(Cc4ccc5c(c4)OCO5)CC3)nc2C1. The first-order valence-corrected chi connectivity index (χ1v) is 11.1.